The fraction of sp³-hybridized carbons (Fsp3) is 0.905. The van der Waals surface area contributed by atoms with E-state index in [-0.39, 0.29) is 18.5 Å². The first kappa shape index (κ1) is 25.7. The molecule has 0 saturated carbocycles. The third-order valence-electron chi connectivity index (χ3n) is 4.66. The summed E-state index contributed by atoms with van der Waals surface area (Å²) < 4.78 is 0. The quantitative estimate of drug-likeness (QED) is 0.306. The second-order valence-electron chi connectivity index (χ2n) is 7.85. The standard InChI is InChI=1S/C21H43N3O3/c1-4-5-6-7-8-9-10-11-12-13-14-15-16-22-21(27)23-19(17-20(25)26)18-24(2)3/h19H,4-18H2,1-3H3,(H,25,26)(H2,22,23,27). The van der Waals surface area contributed by atoms with Crippen molar-refractivity contribution in [3.05, 3.63) is 0 Å². The summed E-state index contributed by atoms with van der Waals surface area (Å²) in [7, 11) is 3.72. The van der Waals surface area contributed by atoms with Crippen LogP contribution in [0.2, 0.25) is 0 Å². The Morgan fingerprint density at radius 1 is 0.852 bits per heavy atom. The van der Waals surface area contributed by atoms with E-state index in [0.29, 0.717) is 13.1 Å². The number of unbranched alkanes of at least 4 members (excludes halogenated alkanes) is 11. The summed E-state index contributed by atoms with van der Waals surface area (Å²) >= 11 is 0. The van der Waals surface area contributed by atoms with Crippen molar-refractivity contribution in [2.24, 2.45) is 0 Å². The third kappa shape index (κ3) is 19.3. The van der Waals surface area contributed by atoms with E-state index in [9.17, 15) is 9.59 Å². The average molecular weight is 386 g/mol. The topological polar surface area (TPSA) is 81.7 Å². The van der Waals surface area contributed by atoms with Gasteiger partial charge in [0, 0.05) is 13.1 Å². The maximum atomic E-state index is 11.9. The molecule has 1 unspecified atom stereocenters. The molecule has 0 radical (unpaired) electrons. The van der Waals surface area contributed by atoms with Gasteiger partial charge in [0.15, 0.2) is 0 Å². The van der Waals surface area contributed by atoms with Crippen LogP contribution in [0.25, 0.3) is 0 Å². The largest absolute Gasteiger partial charge is 0.481 e. The molecule has 160 valence electrons. The molecule has 6 nitrogen and oxygen atoms in total. The van der Waals surface area contributed by atoms with Gasteiger partial charge >= 0.3 is 12.0 Å². The van der Waals surface area contributed by atoms with Crippen molar-refractivity contribution in [3.8, 4) is 0 Å². The number of nitrogens with one attached hydrogen (secondary N) is 2. The lowest BCUT2D eigenvalue weighted by Gasteiger charge is -2.21. The number of carbonyl (C=O) groups is 2. The molecule has 0 spiro atoms. The van der Waals surface area contributed by atoms with Crippen LogP contribution < -0.4 is 10.6 Å². The molecule has 0 aliphatic rings. The van der Waals surface area contributed by atoms with Gasteiger partial charge < -0.3 is 20.6 Å². The van der Waals surface area contributed by atoms with Crippen LogP contribution in [0.4, 0.5) is 4.79 Å². The molecule has 0 aromatic heterocycles. The number of hydrogen-bond donors (Lipinski definition) is 3. The van der Waals surface area contributed by atoms with Crippen molar-refractivity contribution in [2.75, 3.05) is 27.2 Å². The van der Waals surface area contributed by atoms with Gasteiger partial charge in [-0.25, -0.2) is 4.79 Å². The van der Waals surface area contributed by atoms with Crippen molar-refractivity contribution in [1.29, 1.82) is 0 Å². The number of amides is 2. The highest BCUT2D eigenvalue weighted by Crippen LogP contribution is 2.11. The summed E-state index contributed by atoms with van der Waals surface area (Å²) in [6.45, 7) is 3.41. The Bertz CT molecular complexity index is 376. The van der Waals surface area contributed by atoms with E-state index in [0.717, 1.165) is 12.8 Å². The van der Waals surface area contributed by atoms with E-state index in [1.54, 1.807) is 0 Å². The zero-order valence-electron chi connectivity index (χ0n) is 17.9. The lowest BCUT2D eigenvalue weighted by atomic mass is 10.1. The average Bonchev–Trinajstić information content (AvgIpc) is 2.57. The first-order chi connectivity index (χ1) is 13.0. The summed E-state index contributed by atoms with van der Waals surface area (Å²) in [5.41, 5.74) is 0. The van der Waals surface area contributed by atoms with Crippen molar-refractivity contribution < 1.29 is 14.7 Å². The van der Waals surface area contributed by atoms with Crippen molar-refractivity contribution in [2.45, 2.75) is 96.4 Å². The van der Waals surface area contributed by atoms with E-state index in [1.807, 2.05) is 19.0 Å². The summed E-state index contributed by atoms with van der Waals surface area (Å²) in [5.74, 6) is -0.900. The Labute approximate surface area is 166 Å². The number of likely N-dealkylation sites (N-methyl/N-ethyl adjacent to an activating group) is 1. The van der Waals surface area contributed by atoms with E-state index < -0.39 is 5.97 Å². The second-order valence-corrected chi connectivity index (χ2v) is 7.85. The van der Waals surface area contributed by atoms with Crippen LogP contribution in [-0.2, 0) is 4.79 Å². The van der Waals surface area contributed by atoms with Gasteiger partial charge in [-0.3, -0.25) is 4.79 Å². The van der Waals surface area contributed by atoms with Crippen molar-refractivity contribution in [1.82, 2.24) is 15.5 Å². The number of aliphatic carboxylic acids is 1. The van der Waals surface area contributed by atoms with Crippen LogP contribution in [0.5, 0.6) is 0 Å². The van der Waals surface area contributed by atoms with Crippen molar-refractivity contribution in [3.63, 3.8) is 0 Å². The van der Waals surface area contributed by atoms with Crippen LogP contribution in [0.15, 0.2) is 0 Å². The molecule has 3 N–H and O–H groups in total. The molecule has 0 aliphatic heterocycles. The number of nitrogens with zero attached hydrogens (tertiary/aromatic N) is 1. The molecule has 0 rings (SSSR count). The van der Waals surface area contributed by atoms with Crippen molar-refractivity contribution >= 4 is 12.0 Å². The maximum Gasteiger partial charge on any atom is 0.315 e. The lowest BCUT2D eigenvalue weighted by molar-refractivity contribution is -0.137. The van der Waals surface area contributed by atoms with Gasteiger partial charge in [0.05, 0.1) is 12.5 Å². The molecule has 0 bridgehead atoms. The van der Waals surface area contributed by atoms with Gasteiger partial charge in [0.25, 0.3) is 0 Å². The fourth-order valence-electron chi connectivity index (χ4n) is 3.22. The highest BCUT2D eigenvalue weighted by Gasteiger charge is 2.16. The van der Waals surface area contributed by atoms with Gasteiger partial charge in [-0.15, -0.1) is 0 Å². The number of carboxylic acids is 1. The molecule has 0 aromatic carbocycles. The molecule has 1 atom stereocenters. The molecule has 0 aliphatic carbocycles. The molecule has 0 saturated heterocycles. The SMILES string of the molecule is CCCCCCCCCCCCCCNC(=O)NC(CC(=O)O)CN(C)C. The highest BCUT2D eigenvalue weighted by molar-refractivity contribution is 5.75. The lowest BCUT2D eigenvalue weighted by Crippen LogP contribution is -2.47. The highest BCUT2D eigenvalue weighted by atomic mass is 16.4. The van der Waals surface area contributed by atoms with Crippen LogP contribution >= 0.6 is 0 Å². The van der Waals surface area contributed by atoms with Crippen LogP contribution in [0.1, 0.15) is 90.4 Å². The minimum absolute atomic E-state index is 0.0653. The second kappa shape index (κ2) is 18.1. The predicted octanol–water partition coefficient (Wildman–Crippen LogP) is 4.39. The summed E-state index contributed by atoms with van der Waals surface area (Å²) in [4.78, 5) is 24.6. The Kier molecular flexibility index (Phi) is 17.2. The Morgan fingerprint density at radius 2 is 1.33 bits per heavy atom. The minimum Gasteiger partial charge on any atom is -0.481 e. The molecule has 0 aromatic rings. The Hall–Kier alpha value is -1.30. The zero-order chi connectivity index (χ0) is 20.3. The summed E-state index contributed by atoms with van der Waals surface area (Å²) in [5, 5.41) is 14.5. The van der Waals surface area contributed by atoms with Gasteiger partial charge in [-0.05, 0) is 20.5 Å². The first-order valence-electron chi connectivity index (χ1n) is 10.9. The maximum absolute atomic E-state index is 11.9. The smallest absolute Gasteiger partial charge is 0.315 e. The number of hydrogen-bond acceptors (Lipinski definition) is 3. The third-order valence-corrected chi connectivity index (χ3v) is 4.66. The predicted molar refractivity (Wildman–Crippen MR) is 112 cm³/mol. The van der Waals surface area contributed by atoms with E-state index in [1.165, 1.54) is 64.2 Å². The summed E-state index contributed by atoms with van der Waals surface area (Å²) in [6.07, 6.45) is 15.5. The van der Waals surface area contributed by atoms with Crippen LogP contribution in [0, 0.1) is 0 Å². The number of carbonyl (C=O) groups excluding carboxylic acids is 1. The van der Waals surface area contributed by atoms with Crippen LogP contribution in [0.3, 0.4) is 0 Å². The number of carboxylic acid groups (broad SMARTS) is 1. The summed E-state index contributed by atoms with van der Waals surface area (Å²) in [6, 6.07) is -0.648. The zero-order valence-corrected chi connectivity index (χ0v) is 17.9. The molecule has 0 fully saturated rings. The number of rotatable bonds is 18. The van der Waals surface area contributed by atoms with Gasteiger partial charge in [-0.1, -0.05) is 77.6 Å². The van der Waals surface area contributed by atoms with E-state index in [4.69, 9.17) is 5.11 Å². The molecular weight excluding hydrogens is 342 g/mol. The van der Waals surface area contributed by atoms with E-state index >= 15 is 0 Å². The van der Waals surface area contributed by atoms with Gasteiger partial charge in [0.2, 0.25) is 0 Å². The fourth-order valence-corrected chi connectivity index (χ4v) is 3.22. The molecule has 6 heteroatoms. The molecule has 0 heterocycles. The Morgan fingerprint density at radius 3 is 1.78 bits per heavy atom. The van der Waals surface area contributed by atoms with Gasteiger partial charge in [0.1, 0.15) is 0 Å². The monoisotopic (exact) mass is 385 g/mol. The minimum atomic E-state index is -0.900. The van der Waals surface area contributed by atoms with Gasteiger partial charge in [-0.2, -0.15) is 0 Å². The van der Waals surface area contributed by atoms with E-state index in [2.05, 4.69) is 17.6 Å². The first-order valence-corrected chi connectivity index (χ1v) is 10.9. The van der Waals surface area contributed by atoms with Crippen LogP contribution in [-0.4, -0.2) is 55.2 Å². The molecule has 2 amide bonds. The molecule has 27 heavy (non-hydrogen) atoms. The Balaban J connectivity index is 3.52. The normalized spacial score (nSPS) is 12.1. The number of urea groups is 1. The molecular formula is C21H43N3O3.